The molecule has 0 aromatic heterocycles. The van der Waals surface area contributed by atoms with Gasteiger partial charge in [0.1, 0.15) is 10.7 Å². The summed E-state index contributed by atoms with van der Waals surface area (Å²) < 4.78 is 5.17. The SMILES string of the molecule is COc1ccc(N(C)c2ccc(C(N)=S)c(C)c2)cc1. The van der Waals surface area contributed by atoms with Crippen molar-refractivity contribution in [2.24, 2.45) is 5.73 Å². The first-order valence-electron chi connectivity index (χ1n) is 6.31. The van der Waals surface area contributed by atoms with E-state index in [0.717, 1.165) is 28.3 Å². The van der Waals surface area contributed by atoms with Crippen molar-refractivity contribution in [3.63, 3.8) is 0 Å². The maximum Gasteiger partial charge on any atom is 0.119 e. The first kappa shape index (κ1) is 14.3. The Morgan fingerprint density at radius 1 is 1.10 bits per heavy atom. The summed E-state index contributed by atoms with van der Waals surface area (Å²) in [7, 11) is 3.69. The number of benzene rings is 2. The third-order valence-electron chi connectivity index (χ3n) is 3.32. The molecule has 0 atom stereocenters. The molecule has 0 radical (unpaired) electrons. The van der Waals surface area contributed by atoms with E-state index in [-0.39, 0.29) is 0 Å². The van der Waals surface area contributed by atoms with Crippen molar-refractivity contribution < 1.29 is 4.74 Å². The van der Waals surface area contributed by atoms with Gasteiger partial charge in [-0.15, -0.1) is 0 Å². The monoisotopic (exact) mass is 286 g/mol. The van der Waals surface area contributed by atoms with E-state index < -0.39 is 0 Å². The minimum absolute atomic E-state index is 0.432. The van der Waals surface area contributed by atoms with Gasteiger partial charge in [-0.05, 0) is 55.0 Å². The molecular formula is C16H18N2OS. The molecule has 0 amide bonds. The predicted octanol–water partition coefficient (Wildman–Crippen LogP) is 3.41. The Kier molecular flexibility index (Phi) is 4.25. The zero-order chi connectivity index (χ0) is 14.7. The number of ether oxygens (including phenoxy) is 1. The largest absolute Gasteiger partial charge is 0.497 e. The summed E-state index contributed by atoms with van der Waals surface area (Å²) in [6, 6.07) is 14.0. The number of nitrogens with two attached hydrogens (primary N) is 1. The van der Waals surface area contributed by atoms with E-state index in [9.17, 15) is 0 Å². The van der Waals surface area contributed by atoms with Gasteiger partial charge in [0.15, 0.2) is 0 Å². The molecule has 20 heavy (non-hydrogen) atoms. The van der Waals surface area contributed by atoms with Crippen molar-refractivity contribution >= 4 is 28.6 Å². The van der Waals surface area contributed by atoms with E-state index in [2.05, 4.69) is 11.0 Å². The van der Waals surface area contributed by atoms with Gasteiger partial charge in [0, 0.05) is 24.0 Å². The summed E-state index contributed by atoms with van der Waals surface area (Å²) >= 11 is 5.03. The fourth-order valence-electron chi connectivity index (χ4n) is 2.09. The second-order valence-electron chi connectivity index (χ2n) is 4.62. The number of methoxy groups -OCH3 is 1. The molecule has 0 bridgehead atoms. The van der Waals surface area contributed by atoms with Gasteiger partial charge >= 0.3 is 0 Å². The van der Waals surface area contributed by atoms with Crippen molar-refractivity contribution in [2.45, 2.75) is 6.92 Å². The zero-order valence-electron chi connectivity index (χ0n) is 11.9. The molecule has 0 unspecified atom stereocenters. The molecule has 104 valence electrons. The molecule has 0 aliphatic heterocycles. The fourth-order valence-corrected chi connectivity index (χ4v) is 2.32. The fraction of sp³-hybridized carbons (Fsp3) is 0.188. The van der Waals surface area contributed by atoms with Crippen LogP contribution in [0, 0.1) is 6.92 Å². The highest BCUT2D eigenvalue weighted by Crippen LogP contribution is 2.27. The van der Waals surface area contributed by atoms with Gasteiger partial charge in [0.25, 0.3) is 0 Å². The Morgan fingerprint density at radius 3 is 2.20 bits per heavy atom. The average Bonchev–Trinajstić information content (AvgIpc) is 2.46. The first-order valence-corrected chi connectivity index (χ1v) is 6.72. The maximum atomic E-state index is 5.69. The van der Waals surface area contributed by atoms with Gasteiger partial charge in [-0.1, -0.05) is 12.2 Å². The summed E-state index contributed by atoms with van der Waals surface area (Å²) in [5, 5.41) is 0. The lowest BCUT2D eigenvalue weighted by Crippen LogP contribution is -2.13. The Morgan fingerprint density at radius 2 is 1.70 bits per heavy atom. The lowest BCUT2D eigenvalue weighted by Gasteiger charge is -2.21. The van der Waals surface area contributed by atoms with Crippen LogP contribution in [-0.2, 0) is 0 Å². The molecule has 2 aromatic carbocycles. The minimum Gasteiger partial charge on any atom is -0.497 e. The second-order valence-corrected chi connectivity index (χ2v) is 5.06. The smallest absolute Gasteiger partial charge is 0.119 e. The molecule has 0 saturated heterocycles. The first-order chi connectivity index (χ1) is 9.52. The molecule has 0 heterocycles. The molecule has 0 spiro atoms. The van der Waals surface area contributed by atoms with Crippen molar-refractivity contribution in [1.82, 2.24) is 0 Å². The molecule has 0 saturated carbocycles. The van der Waals surface area contributed by atoms with E-state index in [0.29, 0.717) is 4.99 Å². The average molecular weight is 286 g/mol. The van der Waals surface area contributed by atoms with Crippen molar-refractivity contribution in [3.8, 4) is 5.75 Å². The molecule has 2 N–H and O–H groups in total. The van der Waals surface area contributed by atoms with Crippen LogP contribution in [0.5, 0.6) is 5.75 Å². The molecule has 2 rings (SSSR count). The maximum absolute atomic E-state index is 5.69. The van der Waals surface area contributed by atoms with Gasteiger partial charge in [-0.2, -0.15) is 0 Å². The summed E-state index contributed by atoms with van der Waals surface area (Å²) in [5.74, 6) is 0.849. The molecule has 2 aromatic rings. The van der Waals surface area contributed by atoms with Crippen molar-refractivity contribution in [1.29, 1.82) is 0 Å². The number of rotatable bonds is 4. The number of thiocarbonyl (C=S) groups is 1. The van der Waals surface area contributed by atoms with Crippen LogP contribution < -0.4 is 15.4 Å². The number of aryl methyl sites for hydroxylation is 1. The lowest BCUT2D eigenvalue weighted by atomic mass is 10.1. The van der Waals surface area contributed by atoms with Gasteiger partial charge in [0.2, 0.25) is 0 Å². The van der Waals surface area contributed by atoms with Crippen molar-refractivity contribution in [2.75, 3.05) is 19.1 Å². The minimum atomic E-state index is 0.432. The standard InChI is InChI=1S/C16H18N2OS/c1-11-10-13(6-9-15(11)16(17)20)18(2)12-4-7-14(19-3)8-5-12/h4-10H,1-3H3,(H2,17,20). The van der Waals surface area contributed by atoms with E-state index in [1.165, 1.54) is 0 Å². The normalized spacial score (nSPS) is 10.2. The van der Waals surface area contributed by atoms with E-state index in [4.69, 9.17) is 22.7 Å². The summed E-state index contributed by atoms with van der Waals surface area (Å²) in [6.07, 6.45) is 0. The molecule has 0 aliphatic rings. The summed E-state index contributed by atoms with van der Waals surface area (Å²) in [6.45, 7) is 2.01. The van der Waals surface area contributed by atoms with Gasteiger partial charge in [0.05, 0.1) is 7.11 Å². The molecule has 4 heteroatoms. The predicted molar refractivity (Wildman–Crippen MR) is 88.1 cm³/mol. The molecule has 0 fully saturated rings. The molecule has 0 aliphatic carbocycles. The number of anilines is 2. The van der Waals surface area contributed by atoms with E-state index in [1.807, 2.05) is 50.4 Å². The number of nitrogens with zero attached hydrogens (tertiary/aromatic N) is 1. The zero-order valence-corrected chi connectivity index (χ0v) is 12.7. The second kappa shape index (κ2) is 5.92. The quantitative estimate of drug-likeness (QED) is 0.874. The lowest BCUT2D eigenvalue weighted by molar-refractivity contribution is 0.415. The number of hydrogen-bond donors (Lipinski definition) is 1. The molecular weight excluding hydrogens is 268 g/mol. The van der Waals surface area contributed by atoms with E-state index in [1.54, 1.807) is 7.11 Å². The Balaban J connectivity index is 2.30. The number of hydrogen-bond acceptors (Lipinski definition) is 3. The Bertz CT molecular complexity index is 623. The summed E-state index contributed by atoms with van der Waals surface area (Å²) in [4.78, 5) is 2.54. The third-order valence-corrected chi connectivity index (χ3v) is 3.54. The highest BCUT2D eigenvalue weighted by molar-refractivity contribution is 7.80. The highest BCUT2D eigenvalue weighted by Gasteiger charge is 2.07. The Hall–Kier alpha value is -2.07. The van der Waals surface area contributed by atoms with Crippen LogP contribution in [0.1, 0.15) is 11.1 Å². The van der Waals surface area contributed by atoms with Gasteiger partial charge in [-0.25, -0.2) is 0 Å². The topological polar surface area (TPSA) is 38.5 Å². The van der Waals surface area contributed by atoms with Crippen LogP contribution in [-0.4, -0.2) is 19.1 Å². The van der Waals surface area contributed by atoms with Crippen molar-refractivity contribution in [3.05, 3.63) is 53.6 Å². The molecule has 3 nitrogen and oxygen atoms in total. The highest BCUT2D eigenvalue weighted by atomic mass is 32.1. The van der Waals surface area contributed by atoms with Crippen LogP contribution in [0.15, 0.2) is 42.5 Å². The van der Waals surface area contributed by atoms with Gasteiger partial charge < -0.3 is 15.4 Å². The third kappa shape index (κ3) is 2.91. The van der Waals surface area contributed by atoms with Crippen LogP contribution in [0.25, 0.3) is 0 Å². The van der Waals surface area contributed by atoms with Crippen LogP contribution in [0.3, 0.4) is 0 Å². The van der Waals surface area contributed by atoms with Crippen LogP contribution >= 0.6 is 12.2 Å². The Labute approximate surface area is 125 Å². The van der Waals surface area contributed by atoms with Crippen LogP contribution in [0.2, 0.25) is 0 Å². The summed E-state index contributed by atoms with van der Waals surface area (Å²) in [5.41, 5.74) is 9.87. The van der Waals surface area contributed by atoms with E-state index >= 15 is 0 Å². The van der Waals surface area contributed by atoms with Crippen LogP contribution in [0.4, 0.5) is 11.4 Å². The van der Waals surface area contributed by atoms with Gasteiger partial charge in [-0.3, -0.25) is 0 Å².